The number of rotatable bonds is 3. The number of carbonyl (C=O) groups is 1. The van der Waals surface area contributed by atoms with E-state index in [-0.39, 0.29) is 44.6 Å². The van der Waals surface area contributed by atoms with Gasteiger partial charge < -0.3 is 9.84 Å². The van der Waals surface area contributed by atoms with Gasteiger partial charge in [-0.1, -0.05) is 67.0 Å². The smallest absolute Gasteiger partial charge is 0.312 e. The standard InChI is InChI=1S/C33H54O3/c1-9-18-36-27(35)33-16-14-28(2,3)21-24(33)23-10-11-26-30(6)20-22(34)19-29(4,5)25(30)12-13-32(26,8)31(23,7)15-17-33/h10,22,24-26,34H,9,11-21H2,1-8H3/t22-,24?,25?,26?,30+,31-,32-,33+/m1/s1. The lowest BCUT2D eigenvalue weighted by atomic mass is 9.33. The van der Waals surface area contributed by atoms with Crippen LogP contribution in [0.15, 0.2) is 11.6 Å². The average Bonchev–Trinajstić information content (AvgIpc) is 2.76. The second-order valence-corrected chi connectivity index (χ2v) is 16.1. The molecule has 0 aromatic heterocycles. The summed E-state index contributed by atoms with van der Waals surface area (Å²) in [5, 5.41) is 11.0. The summed E-state index contributed by atoms with van der Waals surface area (Å²) in [6, 6.07) is 0. The maximum absolute atomic E-state index is 13.7. The van der Waals surface area contributed by atoms with Gasteiger partial charge in [0.1, 0.15) is 0 Å². The lowest BCUT2D eigenvalue weighted by Gasteiger charge is -2.71. The van der Waals surface area contributed by atoms with Crippen molar-refractivity contribution >= 4 is 5.97 Å². The van der Waals surface area contributed by atoms with Crippen LogP contribution in [0.1, 0.15) is 126 Å². The van der Waals surface area contributed by atoms with Gasteiger partial charge in [0.2, 0.25) is 0 Å². The molecule has 4 fully saturated rings. The predicted octanol–water partition coefficient (Wildman–Crippen LogP) is 8.10. The van der Waals surface area contributed by atoms with E-state index in [9.17, 15) is 9.90 Å². The lowest BCUT2D eigenvalue weighted by Crippen LogP contribution is -2.64. The van der Waals surface area contributed by atoms with Crippen molar-refractivity contribution < 1.29 is 14.6 Å². The molecule has 0 radical (unpaired) electrons. The number of esters is 1. The summed E-state index contributed by atoms with van der Waals surface area (Å²) < 4.78 is 5.93. The van der Waals surface area contributed by atoms with Crippen LogP contribution in [0.2, 0.25) is 0 Å². The number of carbonyl (C=O) groups excluding carboxylic acids is 1. The monoisotopic (exact) mass is 498 g/mol. The molecule has 3 nitrogen and oxygen atoms in total. The molecule has 1 N–H and O–H groups in total. The van der Waals surface area contributed by atoms with Gasteiger partial charge in [0.05, 0.1) is 18.1 Å². The molecule has 0 saturated heterocycles. The minimum atomic E-state index is -0.330. The molecule has 0 aliphatic heterocycles. The molecule has 0 bridgehead atoms. The molecule has 4 saturated carbocycles. The third-order valence-electron chi connectivity index (χ3n) is 13.1. The van der Waals surface area contributed by atoms with Gasteiger partial charge >= 0.3 is 5.97 Å². The van der Waals surface area contributed by atoms with E-state index >= 15 is 0 Å². The molecule has 0 aromatic rings. The van der Waals surface area contributed by atoms with Gasteiger partial charge in [-0.2, -0.15) is 0 Å². The molecule has 8 atom stereocenters. The summed E-state index contributed by atoms with van der Waals surface area (Å²) >= 11 is 0. The summed E-state index contributed by atoms with van der Waals surface area (Å²) in [6.45, 7) is 20.0. The van der Waals surface area contributed by atoms with E-state index in [2.05, 4.69) is 61.5 Å². The first-order chi connectivity index (χ1) is 16.7. The molecule has 5 aliphatic carbocycles. The molecular formula is C33H54O3. The van der Waals surface area contributed by atoms with Crippen molar-refractivity contribution in [3.05, 3.63) is 11.6 Å². The van der Waals surface area contributed by atoms with Crippen molar-refractivity contribution in [2.45, 2.75) is 132 Å². The van der Waals surface area contributed by atoms with Crippen LogP contribution in [-0.4, -0.2) is 23.8 Å². The van der Waals surface area contributed by atoms with Crippen LogP contribution in [-0.2, 0) is 9.53 Å². The highest BCUT2D eigenvalue weighted by molar-refractivity contribution is 5.78. The number of hydrogen-bond donors (Lipinski definition) is 1. The number of fused-ring (bicyclic) bond motifs is 7. The van der Waals surface area contributed by atoms with Crippen molar-refractivity contribution in [3.63, 3.8) is 0 Å². The molecule has 3 heteroatoms. The Bertz CT molecular complexity index is 931. The number of aliphatic hydroxyl groups is 1. The largest absolute Gasteiger partial charge is 0.465 e. The fourth-order valence-electron chi connectivity index (χ4n) is 11.2. The average molecular weight is 499 g/mol. The molecule has 5 rings (SSSR count). The van der Waals surface area contributed by atoms with Crippen LogP contribution in [0, 0.1) is 50.2 Å². The Morgan fingerprint density at radius 1 is 0.944 bits per heavy atom. The molecule has 0 spiro atoms. The Labute approximate surface area is 221 Å². The third kappa shape index (κ3) is 3.56. The SMILES string of the molecule is CCCOC(=O)[C@]12CCC(C)(C)CC1C1=CCC3[C@@]4(C)C[C@H](O)CC(C)(C)C4CC[C@@]3(C)[C@]1(C)CC2. The number of aliphatic hydroxyl groups excluding tert-OH is 1. The van der Waals surface area contributed by atoms with Crippen molar-refractivity contribution in [3.8, 4) is 0 Å². The number of hydrogen-bond acceptors (Lipinski definition) is 3. The zero-order chi connectivity index (χ0) is 26.4. The van der Waals surface area contributed by atoms with Crippen molar-refractivity contribution in [1.29, 1.82) is 0 Å². The summed E-state index contributed by atoms with van der Waals surface area (Å²) in [7, 11) is 0. The fourth-order valence-corrected chi connectivity index (χ4v) is 11.2. The quantitative estimate of drug-likeness (QED) is 0.316. The van der Waals surface area contributed by atoms with Gasteiger partial charge in [0, 0.05) is 0 Å². The van der Waals surface area contributed by atoms with E-state index in [1.165, 1.54) is 12.8 Å². The van der Waals surface area contributed by atoms with Crippen molar-refractivity contribution in [2.24, 2.45) is 50.2 Å². The highest BCUT2D eigenvalue weighted by Gasteiger charge is 2.69. The van der Waals surface area contributed by atoms with E-state index in [0.717, 1.165) is 57.8 Å². The minimum absolute atomic E-state index is 0.0906. The van der Waals surface area contributed by atoms with E-state index in [1.54, 1.807) is 5.57 Å². The van der Waals surface area contributed by atoms with Gasteiger partial charge in [-0.25, -0.2) is 0 Å². The zero-order valence-corrected chi connectivity index (χ0v) is 24.6. The molecule has 0 heterocycles. The van der Waals surface area contributed by atoms with Crippen LogP contribution in [0.3, 0.4) is 0 Å². The second kappa shape index (κ2) is 8.33. The Morgan fingerprint density at radius 2 is 1.64 bits per heavy atom. The second-order valence-electron chi connectivity index (χ2n) is 16.1. The summed E-state index contributed by atoms with van der Waals surface area (Å²) in [4.78, 5) is 13.7. The summed E-state index contributed by atoms with van der Waals surface area (Å²) in [5.74, 6) is 1.65. The first-order valence-corrected chi connectivity index (χ1v) is 15.2. The third-order valence-corrected chi connectivity index (χ3v) is 13.1. The Hall–Kier alpha value is -0.830. The van der Waals surface area contributed by atoms with Crippen LogP contribution in [0.25, 0.3) is 0 Å². The topological polar surface area (TPSA) is 46.5 Å². The first kappa shape index (κ1) is 26.8. The highest BCUT2D eigenvalue weighted by Crippen LogP contribution is 2.75. The fraction of sp³-hybridized carbons (Fsp3) is 0.909. The number of ether oxygens (including phenoxy) is 1. The predicted molar refractivity (Wildman–Crippen MR) is 146 cm³/mol. The number of allylic oxidation sites excluding steroid dienone is 2. The van der Waals surface area contributed by atoms with Gasteiger partial charge in [-0.3, -0.25) is 4.79 Å². The molecule has 0 aromatic carbocycles. The van der Waals surface area contributed by atoms with Gasteiger partial charge in [0.15, 0.2) is 0 Å². The zero-order valence-electron chi connectivity index (χ0n) is 24.6. The minimum Gasteiger partial charge on any atom is -0.465 e. The Kier molecular flexibility index (Phi) is 6.19. The first-order valence-electron chi connectivity index (χ1n) is 15.2. The van der Waals surface area contributed by atoms with Gasteiger partial charge in [-0.15, -0.1) is 0 Å². The Morgan fingerprint density at radius 3 is 2.33 bits per heavy atom. The van der Waals surface area contributed by atoms with E-state index in [1.807, 2.05) is 0 Å². The molecule has 36 heavy (non-hydrogen) atoms. The maximum Gasteiger partial charge on any atom is 0.312 e. The van der Waals surface area contributed by atoms with Crippen LogP contribution >= 0.6 is 0 Å². The van der Waals surface area contributed by atoms with E-state index in [4.69, 9.17) is 4.74 Å². The summed E-state index contributed by atoms with van der Waals surface area (Å²) in [5.41, 5.74) is 2.21. The van der Waals surface area contributed by atoms with Gasteiger partial charge in [0.25, 0.3) is 0 Å². The van der Waals surface area contributed by atoms with Gasteiger partial charge in [-0.05, 0) is 115 Å². The maximum atomic E-state index is 13.7. The Balaban J connectivity index is 1.58. The molecule has 204 valence electrons. The van der Waals surface area contributed by atoms with Crippen LogP contribution in [0.5, 0.6) is 0 Å². The molecule has 0 amide bonds. The molecule has 3 unspecified atom stereocenters. The highest BCUT2D eigenvalue weighted by atomic mass is 16.5. The van der Waals surface area contributed by atoms with E-state index in [0.29, 0.717) is 24.4 Å². The molecule has 5 aliphatic rings. The lowest BCUT2D eigenvalue weighted by molar-refractivity contribution is -0.202. The van der Waals surface area contributed by atoms with Crippen LogP contribution in [0.4, 0.5) is 0 Å². The summed E-state index contributed by atoms with van der Waals surface area (Å²) in [6.07, 6.45) is 14.1. The van der Waals surface area contributed by atoms with E-state index < -0.39 is 0 Å². The molecular weight excluding hydrogens is 444 g/mol. The normalized spacial score (nSPS) is 49.0. The van der Waals surface area contributed by atoms with Crippen molar-refractivity contribution in [2.75, 3.05) is 6.61 Å². The van der Waals surface area contributed by atoms with Crippen LogP contribution < -0.4 is 0 Å². The van der Waals surface area contributed by atoms with Crippen molar-refractivity contribution in [1.82, 2.24) is 0 Å².